The molecule has 0 unspecified atom stereocenters. The highest BCUT2D eigenvalue weighted by Gasteiger charge is 2.19. The van der Waals surface area contributed by atoms with Crippen molar-refractivity contribution in [2.45, 2.75) is 11.3 Å². The van der Waals surface area contributed by atoms with E-state index < -0.39 is 10.0 Å². The van der Waals surface area contributed by atoms with Gasteiger partial charge in [-0.25, -0.2) is 0 Å². The first-order valence-electron chi connectivity index (χ1n) is 7.61. The maximum Gasteiger partial charge on any atom is 0.356 e. The van der Waals surface area contributed by atoms with Crippen LogP contribution in [0, 0.1) is 0 Å². The molecule has 0 fully saturated rings. The van der Waals surface area contributed by atoms with Gasteiger partial charge in [0.25, 0.3) is 0 Å². The molecule has 0 atom stereocenters. The predicted octanol–water partition coefficient (Wildman–Crippen LogP) is -0.380. The number of hydrogen-bond donors (Lipinski definition) is 3. The van der Waals surface area contributed by atoms with E-state index in [1.165, 1.54) is 19.2 Å². The fourth-order valence-electron chi connectivity index (χ4n) is 2.24. The molecule has 134 valence electrons. The first-order valence-corrected chi connectivity index (χ1v) is 9.09. The van der Waals surface area contributed by atoms with Crippen molar-refractivity contribution in [1.29, 1.82) is 0 Å². The van der Waals surface area contributed by atoms with Crippen LogP contribution in [-0.2, 0) is 16.4 Å². The molecule has 0 saturated heterocycles. The summed E-state index contributed by atoms with van der Waals surface area (Å²) in [5, 5.41) is 0. The molecule has 0 aliphatic rings. The number of sulfonamides is 1. The van der Waals surface area contributed by atoms with Crippen molar-refractivity contribution in [3.05, 3.63) is 54.1 Å². The van der Waals surface area contributed by atoms with E-state index in [1.54, 1.807) is 19.2 Å². The average Bonchev–Trinajstić information content (AvgIpc) is 2.61. The minimum absolute atomic E-state index is 0.0364. The quantitative estimate of drug-likeness (QED) is 0.459. The summed E-state index contributed by atoms with van der Waals surface area (Å²) < 4.78 is 37.1. The van der Waals surface area contributed by atoms with Gasteiger partial charge in [0.2, 0.25) is 0 Å². The largest absolute Gasteiger partial charge is 0.497 e. The molecule has 4 N–H and O–H groups in total. The van der Waals surface area contributed by atoms with Gasteiger partial charge in [0.15, 0.2) is 0 Å². The lowest BCUT2D eigenvalue weighted by atomic mass is 10.1. The van der Waals surface area contributed by atoms with E-state index in [1.807, 2.05) is 24.3 Å². The number of hydrogen-bond acceptors (Lipinski definition) is 4. The molecule has 25 heavy (non-hydrogen) atoms. The number of benzene rings is 2. The van der Waals surface area contributed by atoms with Crippen LogP contribution in [0.4, 0.5) is 0 Å². The van der Waals surface area contributed by atoms with Crippen molar-refractivity contribution < 1.29 is 22.9 Å². The van der Waals surface area contributed by atoms with Crippen molar-refractivity contribution in [3.8, 4) is 11.5 Å². The van der Waals surface area contributed by atoms with Crippen LogP contribution >= 0.6 is 0 Å². The average molecular weight is 364 g/mol. The number of nitrogens with two attached hydrogens (primary N) is 1. The molecule has 0 amide bonds. The van der Waals surface area contributed by atoms with Crippen LogP contribution in [0.5, 0.6) is 11.5 Å². The highest BCUT2D eigenvalue weighted by molar-refractivity contribution is 7.90. The van der Waals surface area contributed by atoms with Crippen molar-refractivity contribution in [2.75, 3.05) is 20.8 Å². The van der Waals surface area contributed by atoms with E-state index >= 15 is 0 Å². The summed E-state index contributed by atoms with van der Waals surface area (Å²) in [5.41, 5.74) is 6.75. The number of para-hydroxylation sites is 1. The number of guanidine groups is 1. The molecule has 0 aromatic heterocycles. The minimum atomic E-state index is -3.75. The SMILES string of the molecule is COc1ccc(S(=O)(=O)NC(N)=[NH+]CCc2ccccc2OC)cc1. The Labute approximate surface area is 147 Å². The highest BCUT2D eigenvalue weighted by atomic mass is 32.2. The van der Waals surface area contributed by atoms with Crippen molar-refractivity contribution >= 4 is 16.0 Å². The normalized spacial score (nSPS) is 11.8. The Bertz CT molecular complexity index is 833. The smallest absolute Gasteiger partial charge is 0.356 e. The van der Waals surface area contributed by atoms with E-state index in [-0.39, 0.29) is 10.9 Å². The van der Waals surface area contributed by atoms with E-state index in [0.29, 0.717) is 18.7 Å². The highest BCUT2D eigenvalue weighted by Crippen LogP contribution is 2.17. The lowest BCUT2D eigenvalue weighted by Gasteiger charge is -2.06. The molecule has 0 saturated carbocycles. The standard InChI is InChI=1S/C17H21N3O4S/c1-23-14-7-9-15(10-8-14)25(21,22)20-17(18)19-12-11-13-5-3-4-6-16(13)24-2/h3-10H,11-12H2,1-2H3,(H3,18,19,20)/p+1. The Morgan fingerprint density at radius 1 is 1.08 bits per heavy atom. The number of nitrogens with one attached hydrogen (secondary N) is 2. The zero-order chi connectivity index (χ0) is 18.3. The Morgan fingerprint density at radius 3 is 2.40 bits per heavy atom. The van der Waals surface area contributed by atoms with Gasteiger partial charge in [0.1, 0.15) is 16.4 Å². The summed E-state index contributed by atoms with van der Waals surface area (Å²) >= 11 is 0. The third kappa shape index (κ3) is 5.12. The zero-order valence-electron chi connectivity index (χ0n) is 14.2. The van der Waals surface area contributed by atoms with Gasteiger partial charge in [-0.2, -0.15) is 13.1 Å². The second-order valence-electron chi connectivity index (χ2n) is 5.18. The first kappa shape index (κ1) is 18.6. The molecule has 0 bridgehead atoms. The second kappa shape index (κ2) is 8.39. The lowest BCUT2D eigenvalue weighted by molar-refractivity contribution is -0.459. The third-order valence-corrected chi connectivity index (χ3v) is 4.90. The first-order chi connectivity index (χ1) is 12.0. The molecular weight excluding hydrogens is 342 g/mol. The molecule has 2 aromatic rings. The van der Waals surface area contributed by atoms with Crippen LogP contribution in [0.15, 0.2) is 53.4 Å². The molecule has 0 radical (unpaired) electrons. The number of methoxy groups -OCH3 is 2. The van der Waals surface area contributed by atoms with Gasteiger partial charge in [-0.3, -0.25) is 10.7 Å². The van der Waals surface area contributed by atoms with Crippen LogP contribution in [-0.4, -0.2) is 35.1 Å². The Morgan fingerprint density at radius 2 is 1.76 bits per heavy atom. The van der Waals surface area contributed by atoms with Crippen LogP contribution in [0.3, 0.4) is 0 Å². The van der Waals surface area contributed by atoms with E-state index in [9.17, 15) is 8.42 Å². The van der Waals surface area contributed by atoms with Crippen LogP contribution < -0.4 is 24.9 Å². The Balaban J connectivity index is 1.99. The van der Waals surface area contributed by atoms with Gasteiger partial charge in [-0.05, 0) is 35.9 Å². The van der Waals surface area contributed by atoms with Gasteiger partial charge in [0.05, 0.1) is 20.8 Å². The minimum Gasteiger partial charge on any atom is -0.497 e. The molecule has 0 aliphatic carbocycles. The van der Waals surface area contributed by atoms with E-state index in [4.69, 9.17) is 15.2 Å². The fraction of sp³-hybridized carbons (Fsp3) is 0.235. The molecule has 2 aromatic carbocycles. The summed E-state index contributed by atoms with van der Waals surface area (Å²) in [6, 6.07) is 13.6. The van der Waals surface area contributed by atoms with Gasteiger partial charge in [0, 0.05) is 6.42 Å². The fourth-order valence-corrected chi connectivity index (χ4v) is 3.21. The maximum atomic E-state index is 12.3. The third-order valence-electron chi connectivity index (χ3n) is 3.52. The predicted molar refractivity (Wildman–Crippen MR) is 95.0 cm³/mol. The van der Waals surface area contributed by atoms with Gasteiger partial charge in [-0.15, -0.1) is 0 Å². The molecule has 2 rings (SSSR count). The zero-order valence-corrected chi connectivity index (χ0v) is 15.0. The Hall–Kier alpha value is -2.74. The summed E-state index contributed by atoms with van der Waals surface area (Å²) in [6.07, 6.45) is 0.634. The molecule has 8 heteroatoms. The van der Waals surface area contributed by atoms with Crippen LogP contribution in [0.1, 0.15) is 5.56 Å². The van der Waals surface area contributed by atoms with Gasteiger partial charge < -0.3 is 9.47 Å². The van der Waals surface area contributed by atoms with Crippen molar-refractivity contribution in [1.82, 2.24) is 4.72 Å². The monoisotopic (exact) mass is 364 g/mol. The van der Waals surface area contributed by atoms with Gasteiger partial charge >= 0.3 is 16.0 Å². The molecule has 0 spiro atoms. The van der Waals surface area contributed by atoms with Gasteiger partial charge in [-0.1, -0.05) is 18.2 Å². The van der Waals surface area contributed by atoms with E-state index in [0.717, 1.165) is 11.3 Å². The summed E-state index contributed by atoms with van der Waals surface area (Å²) in [6.45, 7) is 0.456. The number of rotatable bonds is 7. The summed E-state index contributed by atoms with van der Waals surface area (Å²) in [5.74, 6) is 1.32. The number of ether oxygens (including phenoxy) is 2. The summed E-state index contributed by atoms with van der Waals surface area (Å²) in [4.78, 5) is 2.95. The van der Waals surface area contributed by atoms with Crippen LogP contribution in [0.25, 0.3) is 0 Å². The molecular formula is C17H22N3O4S+. The molecule has 7 nitrogen and oxygen atoms in total. The summed E-state index contributed by atoms with van der Waals surface area (Å²) in [7, 11) is -0.627. The maximum absolute atomic E-state index is 12.3. The topological polar surface area (TPSA) is 105 Å². The second-order valence-corrected chi connectivity index (χ2v) is 6.87. The van der Waals surface area contributed by atoms with E-state index in [2.05, 4.69) is 9.71 Å². The van der Waals surface area contributed by atoms with Crippen molar-refractivity contribution in [3.63, 3.8) is 0 Å². The Kier molecular flexibility index (Phi) is 6.24. The van der Waals surface area contributed by atoms with Crippen LogP contribution in [0.2, 0.25) is 0 Å². The molecule has 0 aliphatic heterocycles. The van der Waals surface area contributed by atoms with Crippen molar-refractivity contribution in [2.24, 2.45) is 5.73 Å². The molecule has 0 heterocycles. The lowest BCUT2D eigenvalue weighted by Crippen LogP contribution is -2.79.